The van der Waals surface area contributed by atoms with Gasteiger partial charge in [0.2, 0.25) is 11.8 Å². The number of carboxylic acids is 2. The third kappa shape index (κ3) is 12.3. The predicted molar refractivity (Wildman–Crippen MR) is 69.0 cm³/mol. The lowest BCUT2D eigenvalue weighted by atomic mass is 10.2. The van der Waals surface area contributed by atoms with E-state index in [1.807, 2.05) is 0 Å². The van der Waals surface area contributed by atoms with Gasteiger partial charge in [0.1, 0.15) is 0 Å². The van der Waals surface area contributed by atoms with E-state index in [-0.39, 0.29) is 50.6 Å². The third-order valence-corrected chi connectivity index (χ3v) is 2.36. The summed E-state index contributed by atoms with van der Waals surface area (Å²) < 4.78 is 0. The summed E-state index contributed by atoms with van der Waals surface area (Å²) in [4.78, 5) is 43.0. The van der Waals surface area contributed by atoms with Crippen molar-refractivity contribution >= 4 is 23.8 Å². The minimum atomic E-state index is -0.917. The highest BCUT2D eigenvalue weighted by Crippen LogP contribution is 1.92. The Bertz CT molecular complexity index is 322. The third-order valence-electron chi connectivity index (χ3n) is 2.36. The van der Waals surface area contributed by atoms with Crippen molar-refractivity contribution in [1.82, 2.24) is 10.6 Å². The Morgan fingerprint density at radius 3 is 1.30 bits per heavy atom. The Kier molecular flexibility index (Phi) is 9.63. The fraction of sp³-hybridized carbons (Fsp3) is 0.667. The summed E-state index contributed by atoms with van der Waals surface area (Å²) in [5, 5.41) is 21.8. The van der Waals surface area contributed by atoms with Gasteiger partial charge < -0.3 is 20.8 Å². The number of amides is 2. The zero-order chi connectivity index (χ0) is 15.4. The van der Waals surface area contributed by atoms with Crippen LogP contribution >= 0.6 is 0 Å². The molecular formula is C12H20N2O6. The van der Waals surface area contributed by atoms with E-state index in [0.717, 1.165) is 0 Å². The number of carbonyl (C=O) groups excluding carboxylic acids is 2. The summed E-state index contributed by atoms with van der Waals surface area (Å²) in [5.41, 5.74) is 0. The fourth-order valence-corrected chi connectivity index (χ4v) is 1.34. The molecule has 0 radical (unpaired) electrons. The van der Waals surface area contributed by atoms with Gasteiger partial charge in [0, 0.05) is 38.8 Å². The first-order chi connectivity index (χ1) is 9.41. The SMILES string of the molecule is O=C(O)CCCNC(=O)CCC(=O)NCCCC(=O)O. The number of hydrogen-bond donors (Lipinski definition) is 4. The zero-order valence-corrected chi connectivity index (χ0v) is 11.2. The van der Waals surface area contributed by atoms with Gasteiger partial charge in [0.05, 0.1) is 0 Å². The molecule has 0 aliphatic heterocycles. The van der Waals surface area contributed by atoms with Crippen molar-refractivity contribution in [2.75, 3.05) is 13.1 Å². The Morgan fingerprint density at radius 2 is 1.00 bits per heavy atom. The maximum absolute atomic E-state index is 11.3. The van der Waals surface area contributed by atoms with Crippen molar-refractivity contribution in [3.05, 3.63) is 0 Å². The van der Waals surface area contributed by atoms with Gasteiger partial charge in [-0.1, -0.05) is 0 Å². The van der Waals surface area contributed by atoms with Crippen LogP contribution in [0.1, 0.15) is 38.5 Å². The minimum Gasteiger partial charge on any atom is -0.481 e. The normalized spacial score (nSPS) is 9.80. The highest BCUT2D eigenvalue weighted by molar-refractivity contribution is 5.83. The first kappa shape index (κ1) is 17.9. The molecule has 0 aromatic carbocycles. The topological polar surface area (TPSA) is 133 Å². The molecular weight excluding hydrogens is 268 g/mol. The molecule has 0 unspecified atom stereocenters. The van der Waals surface area contributed by atoms with Crippen molar-refractivity contribution in [3.63, 3.8) is 0 Å². The summed E-state index contributed by atoms with van der Waals surface area (Å²) in [6, 6.07) is 0. The Labute approximate surface area is 116 Å². The van der Waals surface area contributed by atoms with Crippen LogP contribution in [0.5, 0.6) is 0 Å². The molecule has 0 atom stereocenters. The second-order valence-electron chi connectivity index (χ2n) is 4.19. The van der Waals surface area contributed by atoms with Gasteiger partial charge >= 0.3 is 11.9 Å². The summed E-state index contributed by atoms with van der Waals surface area (Å²) >= 11 is 0. The monoisotopic (exact) mass is 288 g/mol. The van der Waals surface area contributed by atoms with Crippen LogP contribution < -0.4 is 10.6 Å². The predicted octanol–water partition coefficient (Wildman–Crippen LogP) is -0.271. The average molecular weight is 288 g/mol. The van der Waals surface area contributed by atoms with Crippen molar-refractivity contribution in [3.8, 4) is 0 Å². The van der Waals surface area contributed by atoms with Gasteiger partial charge in [0.15, 0.2) is 0 Å². The maximum Gasteiger partial charge on any atom is 0.303 e. The van der Waals surface area contributed by atoms with Gasteiger partial charge in [-0.05, 0) is 12.8 Å². The molecule has 0 rings (SSSR count). The number of rotatable bonds is 11. The van der Waals surface area contributed by atoms with E-state index in [1.54, 1.807) is 0 Å². The molecule has 8 nitrogen and oxygen atoms in total. The van der Waals surface area contributed by atoms with Crippen LogP contribution in [0, 0.1) is 0 Å². The van der Waals surface area contributed by atoms with Crippen LogP contribution in [0.15, 0.2) is 0 Å². The number of carboxylic acid groups (broad SMARTS) is 2. The van der Waals surface area contributed by atoms with Gasteiger partial charge in [-0.15, -0.1) is 0 Å². The second kappa shape index (κ2) is 10.8. The van der Waals surface area contributed by atoms with E-state index in [1.165, 1.54) is 0 Å². The molecule has 0 saturated heterocycles. The van der Waals surface area contributed by atoms with Crippen molar-refractivity contribution in [2.24, 2.45) is 0 Å². The quantitative estimate of drug-likeness (QED) is 0.387. The van der Waals surface area contributed by atoms with E-state index in [4.69, 9.17) is 10.2 Å². The van der Waals surface area contributed by atoms with Gasteiger partial charge in [-0.3, -0.25) is 19.2 Å². The zero-order valence-electron chi connectivity index (χ0n) is 11.2. The Balaban J connectivity index is 3.50. The second-order valence-corrected chi connectivity index (χ2v) is 4.19. The summed E-state index contributed by atoms with van der Waals surface area (Å²) in [7, 11) is 0. The fourth-order valence-electron chi connectivity index (χ4n) is 1.34. The standard InChI is InChI=1S/C12H20N2O6/c15-9(13-7-1-3-11(17)18)5-6-10(16)14-8-2-4-12(19)20/h1-8H2,(H,13,15)(H,14,16)(H,17,18)(H,19,20). The maximum atomic E-state index is 11.3. The first-order valence-corrected chi connectivity index (χ1v) is 6.39. The van der Waals surface area contributed by atoms with Crippen LogP contribution in [0.2, 0.25) is 0 Å². The highest BCUT2D eigenvalue weighted by Gasteiger charge is 2.06. The smallest absolute Gasteiger partial charge is 0.303 e. The van der Waals surface area contributed by atoms with Crippen LogP contribution in [0.3, 0.4) is 0 Å². The summed E-state index contributed by atoms with van der Waals surface area (Å²) in [5.74, 6) is -2.45. The largest absolute Gasteiger partial charge is 0.481 e. The van der Waals surface area contributed by atoms with Crippen LogP contribution in [-0.2, 0) is 19.2 Å². The molecule has 20 heavy (non-hydrogen) atoms. The van der Waals surface area contributed by atoms with Gasteiger partial charge in [-0.25, -0.2) is 0 Å². The van der Waals surface area contributed by atoms with E-state index in [2.05, 4.69) is 10.6 Å². The first-order valence-electron chi connectivity index (χ1n) is 6.39. The average Bonchev–Trinajstić information content (AvgIpc) is 2.37. The molecule has 0 fully saturated rings. The van der Waals surface area contributed by atoms with E-state index in [0.29, 0.717) is 12.8 Å². The van der Waals surface area contributed by atoms with Crippen molar-refractivity contribution in [1.29, 1.82) is 0 Å². The minimum absolute atomic E-state index is 0.00958. The molecule has 0 spiro atoms. The number of hydrogen-bond acceptors (Lipinski definition) is 4. The lowest BCUT2D eigenvalue weighted by Crippen LogP contribution is -2.29. The Hall–Kier alpha value is -2.12. The van der Waals surface area contributed by atoms with E-state index < -0.39 is 11.9 Å². The summed E-state index contributed by atoms with van der Waals surface area (Å²) in [6.45, 7) is 0.538. The molecule has 0 aliphatic carbocycles. The van der Waals surface area contributed by atoms with E-state index >= 15 is 0 Å². The number of nitrogens with one attached hydrogen (secondary N) is 2. The molecule has 114 valence electrons. The van der Waals surface area contributed by atoms with Gasteiger partial charge in [0.25, 0.3) is 0 Å². The van der Waals surface area contributed by atoms with Crippen LogP contribution in [0.25, 0.3) is 0 Å². The van der Waals surface area contributed by atoms with Crippen molar-refractivity contribution in [2.45, 2.75) is 38.5 Å². The molecule has 0 bridgehead atoms. The van der Waals surface area contributed by atoms with Crippen LogP contribution in [-0.4, -0.2) is 47.1 Å². The Morgan fingerprint density at radius 1 is 0.650 bits per heavy atom. The summed E-state index contributed by atoms with van der Waals surface area (Å²) in [6.07, 6.45) is 0.731. The lowest BCUT2D eigenvalue weighted by molar-refractivity contribution is -0.138. The molecule has 0 saturated carbocycles. The molecule has 2 amide bonds. The molecule has 0 aliphatic rings. The van der Waals surface area contributed by atoms with E-state index in [9.17, 15) is 19.2 Å². The van der Waals surface area contributed by atoms with Crippen molar-refractivity contribution < 1.29 is 29.4 Å². The lowest BCUT2D eigenvalue weighted by Gasteiger charge is -2.05. The molecule has 0 aromatic rings. The number of aliphatic carboxylic acids is 2. The molecule has 0 heterocycles. The molecule has 0 aromatic heterocycles. The molecule has 8 heteroatoms. The molecule has 4 N–H and O–H groups in total. The van der Waals surface area contributed by atoms with Crippen LogP contribution in [0.4, 0.5) is 0 Å². The van der Waals surface area contributed by atoms with Gasteiger partial charge in [-0.2, -0.15) is 0 Å². The number of carbonyl (C=O) groups is 4. The highest BCUT2D eigenvalue weighted by atomic mass is 16.4.